The molecule has 2 aromatic rings. The van der Waals surface area contributed by atoms with Gasteiger partial charge in [0.15, 0.2) is 6.29 Å². The third-order valence-corrected chi connectivity index (χ3v) is 6.40. The summed E-state index contributed by atoms with van der Waals surface area (Å²) >= 11 is 1.66. The minimum Gasteiger partial charge on any atom is -0.406 e. The fourth-order valence-corrected chi connectivity index (χ4v) is 4.57. The van der Waals surface area contributed by atoms with Crippen LogP contribution in [0, 0.1) is 0 Å². The lowest BCUT2D eigenvalue weighted by molar-refractivity contribution is -0.274. The van der Waals surface area contributed by atoms with E-state index in [0.29, 0.717) is 0 Å². The standard InChI is InChI=1S/C22H26F3N3O3S/c23-22(24,25)30-18-10-8-17(9-11-18)27-12-14-28(15-13-27)32-20-6-2-1-5-19(20)26-31-21-7-3-4-16-29-21/h1-2,5-6,8-11,21,26H,3-4,7,12-16H2. The van der Waals surface area contributed by atoms with E-state index in [2.05, 4.69) is 19.4 Å². The van der Waals surface area contributed by atoms with Gasteiger partial charge in [-0.05, 0) is 61.2 Å². The molecule has 0 spiro atoms. The van der Waals surface area contributed by atoms with Crippen LogP contribution >= 0.6 is 11.9 Å². The van der Waals surface area contributed by atoms with E-state index in [1.54, 1.807) is 24.1 Å². The van der Waals surface area contributed by atoms with Gasteiger partial charge in [-0.1, -0.05) is 12.1 Å². The van der Waals surface area contributed by atoms with E-state index in [4.69, 9.17) is 9.57 Å². The Morgan fingerprint density at radius 1 is 0.969 bits per heavy atom. The maximum absolute atomic E-state index is 12.3. The van der Waals surface area contributed by atoms with Gasteiger partial charge in [-0.15, -0.1) is 13.2 Å². The molecule has 0 bridgehead atoms. The van der Waals surface area contributed by atoms with Gasteiger partial charge in [-0.3, -0.25) is 5.48 Å². The second kappa shape index (κ2) is 10.7. The number of rotatable bonds is 7. The summed E-state index contributed by atoms with van der Waals surface area (Å²) in [5.74, 6) is -0.208. The van der Waals surface area contributed by atoms with Crippen molar-refractivity contribution in [2.24, 2.45) is 0 Å². The van der Waals surface area contributed by atoms with E-state index >= 15 is 0 Å². The first-order valence-electron chi connectivity index (χ1n) is 10.6. The Hall–Kier alpha value is -2.14. The summed E-state index contributed by atoms with van der Waals surface area (Å²) in [5.41, 5.74) is 4.83. The zero-order valence-corrected chi connectivity index (χ0v) is 18.3. The maximum Gasteiger partial charge on any atom is 0.573 e. The van der Waals surface area contributed by atoms with Gasteiger partial charge in [0, 0.05) is 49.8 Å². The minimum absolute atomic E-state index is 0.208. The molecule has 1 unspecified atom stereocenters. The molecule has 2 aliphatic heterocycles. The molecule has 1 N–H and O–H groups in total. The minimum atomic E-state index is -4.68. The van der Waals surface area contributed by atoms with Crippen LogP contribution in [0.3, 0.4) is 0 Å². The van der Waals surface area contributed by atoms with Crippen LogP contribution in [-0.2, 0) is 9.57 Å². The van der Waals surface area contributed by atoms with Gasteiger partial charge in [0.25, 0.3) is 0 Å². The maximum atomic E-state index is 12.3. The van der Waals surface area contributed by atoms with E-state index in [0.717, 1.165) is 68.3 Å². The third kappa shape index (κ3) is 6.68. The van der Waals surface area contributed by atoms with Crippen molar-refractivity contribution < 1.29 is 27.5 Å². The molecule has 6 nitrogen and oxygen atoms in total. The second-order valence-electron chi connectivity index (χ2n) is 7.56. The quantitative estimate of drug-likeness (QED) is 0.437. The summed E-state index contributed by atoms with van der Waals surface area (Å²) in [6.45, 7) is 3.90. The molecule has 174 valence electrons. The molecule has 2 aromatic carbocycles. The lowest BCUT2D eigenvalue weighted by atomic mass is 10.2. The Bertz CT molecular complexity index is 855. The molecule has 0 radical (unpaired) electrons. The van der Waals surface area contributed by atoms with Crippen molar-refractivity contribution in [3.05, 3.63) is 48.5 Å². The van der Waals surface area contributed by atoms with Crippen molar-refractivity contribution in [2.75, 3.05) is 43.2 Å². The Kier molecular flexibility index (Phi) is 7.67. The van der Waals surface area contributed by atoms with Crippen LogP contribution in [-0.4, -0.2) is 49.7 Å². The van der Waals surface area contributed by atoms with Crippen LogP contribution in [0.15, 0.2) is 53.4 Å². The van der Waals surface area contributed by atoms with Crippen LogP contribution in [0.4, 0.5) is 24.5 Å². The van der Waals surface area contributed by atoms with Gasteiger partial charge in [0.2, 0.25) is 0 Å². The number of anilines is 2. The molecule has 10 heteroatoms. The molecule has 32 heavy (non-hydrogen) atoms. The fourth-order valence-electron chi connectivity index (χ4n) is 3.60. The van der Waals surface area contributed by atoms with E-state index in [1.165, 1.54) is 12.1 Å². The van der Waals surface area contributed by atoms with Gasteiger partial charge in [-0.2, -0.15) is 0 Å². The van der Waals surface area contributed by atoms with E-state index in [9.17, 15) is 13.2 Å². The molecule has 2 aliphatic rings. The number of hydrogen-bond donors (Lipinski definition) is 1. The number of hydrogen-bond acceptors (Lipinski definition) is 7. The number of para-hydroxylation sites is 1. The summed E-state index contributed by atoms with van der Waals surface area (Å²) in [6.07, 6.45) is -1.84. The number of alkyl halides is 3. The zero-order valence-electron chi connectivity index (χ0n) is 17.5. The summed E-state index contributed by atoms with van der Waals surface area (Å²) in [7, 11) is 0. The smallest absolute Gasteiger partial charge is 0.406 e. The van der Waals surface area contributed by atoms with Gasteiger partial charge < -0.3 is 14.4 Å². The summed E-state index contributed by atoms with van der Waals surface area (Å²) in [6, 6.07) is 14.0. The molecule has 1 atom stereocenters. The Balaban J connectivity index is 1.28. The highest BCUT2D eigenvalue weighted by atomic mass is 32.2. The predicted molar refractivity (Wildman–Crippen MR) is 118 cm³/mol. The highest BCUT2D eigenvalue weighted by molar-refractivity contribution is 7.97. The lowest BCUT2D eigenvalue weighted by Crippen LogP contribution is -2.43. The van der Waals surface area contributed by atoms with Crippen LogP contribution in [0.1, 0.15) is 19.3 Å². The predicted octanol–water partition coefficient (Wildman–Crippen LogP) is 5.28. The highest BCUT2D eigenvalue weighted by Gasteiger charge is 2.31. The van der Waals surface area contributed by atoms with E-state index < -0.39 is 6.36 Å². The van der Waals surface area contributed by atoms with E-state index in [1.807, 2.05) is 24.3 Å². The normalized spacial score (nSPS) is 20.2. The number of benzene rings is 2. The summed E-state index contributed by atoms with van der Waals surface area (Å²) < 4.78 is 48.8. The van der Waals surface area contributed by atoms with Gasteiger partial charge in [-0.25, -0.2) is 9.14 Å². The first-order chi connectivity index (χ1) is 15.5. The topological polar surface area (TPSA) is 46.2 Å². The number of nitrogens with one attached hydrogen (secondary N) is 1. The monoisotopic (exact) mass is 469 g/mol. The zero-order chi connectivity index (χ0) is 22.4. The average molecular weight is 470 g/mol. The molecule has 2 fully saturated rings. The molecule has 2 heterocycles. The van der Waals surface area contributed by atoms with Crippen LogP contribution in [0.2, 0.25) is 0 Å². The molecule has 2 saturated heterocycles. The molecule has 0 amide bonds. The Labute approximate surface area is 189 Å². The van der Waals surface area contributed by atoms with Crippen molar-refractivity contribution >= 4 is 23.3 Å². The van der Waals surface area contributed by atoms with E-state index in [-0.39, 0.29) is 12.0 Å². The molecule has 0 aromatic heterocycles. The first-order valence-corrected chi connectivity index (χ1v) is 11.4. The molecular weight excluding hydrogens is 443 g/mol. The van der Waals surface area contributed by atoms with Gasteiger partial charge >= 0.3 is 6.36 Å². The lowest BCUT2D eigenvalue weighted by Gasteiger charge is -2.35. The first kappa shape index (κ1) is 23.0. The number of ether oxygens (including phenoxy) is 2. The number of halogens is 3. The van der Waals surface area contributed by atoms with Gasteiger partial charge in [0.05, 0.1) is 5.69 Å². The molecule has 0 aliphatic carbocycles. The average Bonchev–Trinajstić information content (AvgIpc) is 2.79. The van der Waals surface area contributed by atoms with Gasteiger partial charge in [0.1, 0.15) is 5.75 Å². The summed E-state index contributed by atoms with van der Waals surface area (Å²) in [5, 5.41) is 0. The Morgan fingerprint density at radius 2 is 1.72 bits per heavy atom. The molecule has 0 saturated carbocycles. The second-order valence-corrected chi connectivity index (χ2v) is 8.70. The van der Waals surface area contributed by atoms with Crippen molar-refractivity contribution in [3.8, 4) is 5.75 Å². The van der Waals surface area contributed by atoms with Crippen LogP contribution in [0.25, 0.3) is 0 Å². The molecule has 4 rings (SSSR count). The molecular formula is C22H26F3N3O3S. The van der Waals surface area contributed by atoms with Crippen molar-refractivity contribution in [1.29, 1.82) is 0 Å². The van der Waals surface area contributed by atoms with Crippen LogP contribution < -0.4 is 15.1 Å². The fraction of sp³-hybridized carbons (Fsp3) is 0.455. The summed E-state index contributed by atoms with van der Waals surface area (Å²) in [4.78, 5) is 8.94. The number of piperazine rings is 1. The van der Waals surface area contributed by atoms with Crippen molar-refractivity contribution in [1.82, 2.24) is 4.31 Å². The van der Waals surface area contributed by atoms with Crippen molar-refractivity contribution in [3.63, 3.8) is 0 Å². The Morgan fingerprint density at radius 3 is 2.41 bits per heavy atom. The van der Waals surface area contributed by atoms with Crippen LogP contribution in [0.5, 0.6) is 5.75 Å². The largest absolute Gasteiger partial charge is 0.573 e. The van der Waals surface area contributed by atoms with Crippen molar-refractivity contribution in [2.45, 2.75) is 36.8 Å². The highest BCUT2D eigenvalue weighted by Crippen LogP contribution is 2.32. The third-order valence-electron chi connectivity index (χ3n) is 5.23. The SMILES string of the molecule is FC(F)(F)Oc1ccc(N2CCN(Sc3ccccc3NOC3CCCCO3)CC2)cc1. The number of nitrogens with zero attached hydrogens (tertiary/aromatic N) is 2.